The van der Waals surface area contributed by atoms with Crippen LogP contribution in [0.3, 0.4) is 0 Å². The van der Waals surface area contributed by atoms with Crippen LogP contribution < -0.4 is 0 Å². The molecular formula is C60H112O6. The number of esters is 3. The topological polar surface area (TPSA) is 78.9 Å². The Balaban J connectivity index is 4.32. The van der Waals surface area contributed by atoms with Crippen molar-refractivity contribution in [3.63, 3.8) is 0 Å². The van der Waals surface area contributed by atoms with Gasteiger partial charge in [0.1, 0.15) is 13.2 Å². The molecule has 0 N–H and O–H groups in total. The fourth-order valence-corrected chi connectivity index (χ4v) is 8.73. The number of unbranched alkanes of at least 4 members (excludes halogenated alkanes) is 39. The molecule has 0 amide bonds. The van der Waals surface area contributed by atoms with Crippen LogP contribution >= 0.6 is 0 Å². The highest BCUT2D eigenvalue weighted by molar-refractivity contribution is 5.71. The molecule has 0 radical (unpaired) electrons. The minimum absolute atomic E-state index is 0.0719. The Morgan fingerprint density at radius 2 is 0.500 bits per heavy atom. The van der Waals surface area contributed by atoms with Crippen LogP contribution in [0.4, 0.5) is 0 Å². The molecule has 0 aromatic heterocycles. The fraction of sp³-hybridized carbons (Fsp3) is 0.883. The van der Waals surface area contributed by atoms with Gasteiger partial charge in [0, 0.05) is 19.3 Å². The standard InChI is InChI=1S/C60H112O6/c1-4-7-10-13-16-19-22-25-27-29-30-31-33-35-38-41-44-47-50-53-59(62)65-56-57(55-64-58(61)52-49-46-43-40-37-34-24-21-18-15-12-9-6-3)66-60(63)54-51-48-45-42-39-36-32-28-26-23-20-17-14-11-8-5-2/h21,24,29-30,57H,4-20,22-23,25-28,31-56H2,1-3H3/b24-21-,30-29-/t57-/m1/s1. The molecule has 66 heavy (non-hydrogen) atoms. The molecule has 0 aliphatic carbocycles. The Bertz CT molecular complexity index is 1070. The van der Waals surface area contributed by atoms with Gasteiger partial charge in [0.05, 0.1) is 0 Å². The minimum Gasteiger partial charge on any atom is -0.462 e. The van der Waals surface area contributed by atoms with Crippen molar-refractivity contribution in [2.24, 2.45) is 0 Å². The van der Waals surface area contributed by atoms with Gasteiger partial charge in [0.15, 0.2) is 6.10 Å². The quantitative estimate of drug-likeness (QED) is 0.0262. The lowest BCUT2D eigenvalue weighted by Crippen LogP contribution is -2.30. The summed E-state index contributed by atoms with van der Waals surface area (Å²) in [5.74, 6) is -0.864. The zero-order chi connectivity index (χ0) is 47.9. The van der Waals surface area contributed by atoms with Crippen LogP contribution in [0.5, 0.6) is 0 Å². The van der Waals surface area contributed by atoms with Gasteiger partial charge in [-0.1, -0.05) is 257 Å². The lowest BCUT2D eigenvalue weighted by atomic mass is 10.0. The Morgan fingerprint density at radius 3 is 0.773 bits per heavy atom. The largest absolute Gasteiger partial charge is 0.462 e. The summed E-state index contributed by atoms with van der Waals surface area (Å²) in [4.78, 5) is 38.1. The number of carbonyl (C=O) groups excluding carboxylic acids is 3. The van der Waals surface area contributed by atoms with E-state index < -0.39 is 6.10 Å². The van der Waals surface area contributed by atoms with Gasteiger partial charge < -0.3 is 14.2 Å². The van der Waals surface area contributed by atoms with Crippen molar-refractivity contribution in [2.75, 3.05) is 13.2 Å². The van der Waals surface area contributed by atoms with Crippen LogP contribution in [0.15, 0.2) is 24.3 Å². The van der Waals surface area contributed by atoms with Crippen molar-refractivity contribution in [3.8, 4) is 0 Å². The Labute approximate surface area is 411 Å². The summed E-state index contributed by atoms with van der Waals surface area (Å²) in [5, 5.41) is 0. The monoisotopic (exact) mass is 929 g/mol. The summed E-state index contributed by atoms with van der Waals surface area (Å²) < 4.78 is 16.9. The first-order chi connectivity index (χ1) is 32.5. The summed E-state index contributed by atoms with van der Waals surface area (Å²) in [5.41, 5.74) is 0. The number of allylic oxidation sites excluding steroid dienone is 4. The van der Waals surface area contributed by atoms with Crippen LogP contribution in [-0.4, -0.2) is 37.2 Å². The molecule has 0 heterocycles. The summed E-state index contributed by atoms with van der Waals surface area (Å²) in [7, 11) is 0. The second-order valence-corrected chi connectivity index (χ2v) is 19.9. The number of ether oxygens (including phenoxy) is 3. The van der Waals surface area contributed by atoms with Gasteiger partial charge in [-0.2, -0.15) is 0 Å². The van der Waals surface area contributed by atoms with E-state index in [9.17, 15) is 14.4 Å². The Morgan fingerprint density at radius 1 is 0.288 bits per heavy atom. The molecule has 0 fully saturated rings. The number of carbonyl (C=O) groups is 3. The first kappa shape index (κ1) is 63.9. The third-order valence-electron chi connectivity index (χ3n) is 13.2. The normalized spacial score (nSPS) is 12.1. The predicted octanol–water partition coefficient (Wildman–Crippen LogP) is 19.5. The second-order valence-electron chi connectivity index (χ2n) is 19.9. The predicted molar refractivity (Wildman–Crippen MR) is 284 cm³/mol. The van der Waals surface area contributed by atoms with Crippen molar-refractivity contribution < 1.29 is 28.6 Å². The highest BCUT2D eigenvalue weighted by Crippen LogP contribution is 2.17. The summed E-state index contributed by atoms with van der Waals surface area (Å²) in [6.45, 7) is 6.66. The first-order valence-electron chi connectivity index (χ1n) is 29.3. The molecule has 0 bridgehead atoms. The third-order valence-corrected chi connectivity index (χ3v) is 13.2. The van der Waals surface area contributed by atoms with Gasteiger partial charge in [0.2, 0.25) is 0 Å². The number of rotatable bonds is 54. The Kier molecular flexibility index (Phi) is 53.7. The van der Waals surface area contributed by atoms with E-state index in [2.05, 4.69) is 45.1 Å². The van der Waals surface area contributed by atoms with Crippen LogP contribution in [0.2, 0.25) is 0 Å². The molecule has 0 rings (SSSR count). The first-order valence-corrected chi connectivity index (χ1v) is 29.3. The van der Waals surface area contributed by atoms with Crippen molar-refractivity contribution in [1.82, 2.24) is 0 Å². The van der Waals surface area contributed by atoms with Crippen molar-refractivity contribution in [1.29, 1.82) is 0 Å². The second kappa shape index (κ2) is 55.5. The van der Waals surface area contributed by atoms with Crippen LogP contribution in [0.1, 0.15) is 323 Å². The van der Waals surface area contributed by atoms with E-state index in [1.54, 1.807) is 0 Å². The highest BCUT2D eigenvalue weighted by Gasteiger charge is 2.19. The summed E-state index contributed by atoms with van der Waals surface area (Å²) >= 11 is 0. The van der Waals surface area contributed by atoms with Crippen LogP contribution in [0, 0.1) is 0 Å². The van der Waals surface area contributed by atoms with Gasteiger partial charge in [-0.05, 0) is 70.6 Å². The van der Waals surface area contributed by atoms with Gasteiger partial charge in [-0.3, -0.25) is 14.4 Å². The van der Waals surface area contributed by atoms with E-state index in [0.717, 1.165) is 64.2 Å². The lowest BCUT2D eigenvalue weighted by molar-refractivity contribution is -0.167. The molecule has 6 nitrogen and oxygen atoms in total. The van der Waals surface area contributed by atoms with Gasteiger partial charge in [-0.25, -0.2) is 0 Å². The fourth-order valence-electron chi connectivity index (χ4n) is 8.73. The zero-order valence-electron chi connectivity index (χ0n) is 44.5. The summed E-state index contributed by atoms with van der Waals surface area (Å²) in [6.07, 6.45) is 64.5. The number of hydrogen-bond donors (Lipinski definition) is 0. The van der Waals surface area contributed by atoms with Crippen molar-refractivity contribution in [3.05, 3.63) is 24.3 Å². The smallest absolute Gasteiger partial charge is 0.306 e. The molecular weight excluding hydrogens is 817 g/mol. The van der Waals surface area contributed by atoms with Crippen LogP contribution in [-0.2, 0) is 28.6 Å². The van der Waals surface area contributed by atoms with Crippen molar-refractivity contribution >= 4 is 17.9 Å². The summed E-state index contributed by atoms with van der Waals surface area (Å²) in [6, 6.07) is 0. The molecule has 0 aromatic carbocycles. The van der Waals surface area contributed by atoms with E-state index in [1.807, 2.05) is 0 Å². The highest BCUT2D eigenvalue weighted by atomic mass is 16.6. The average molecular weight is 930 g/mol. The molecule has 1 atom stereocenters. The lowest BCUT2D eigenvalue weighted by Gasteiger charge is -2.18. The van der Waals surface area contributed by atoms with E-state index >= 15 is 0 Å². The van der Waals surface area contributed by atoms with Gasteiger partial charge >= 0.3 is 17.9 Å². The van der Waals surface area contributed by atoms with E-state index in [-0.39, 0.29) is 31.1 Å². The Hall–Kier alpha value is -2.11. The molecule has 0 aromatic rings. The molecule has 0 saturated heterocycles. The minimum atomic E-state index is -0.772. The van der Waals surface area contributed by atoms with E-state index in [4.69, 9.17) is 14.2 Å². The molecule has 0 aliphatic rings. The molecule has 0 spiro atoms. The molecule has 6 heteroatoms. The maximum Gasteiger partial charge on any atom is 0.306 e. The maximum absolute atomic E-state index is 12.8. The van der Waals surface area contributed by atoms with Crippen molar-refractivity contribution in [2.45, 2.75) is 329 Å². The van der Waals surface area contributed by atoms with Crippen LogP contribution in [0.25, 0.3) is 0 Å². The third kappa shape index (κ3) is 52.9. The maximum atomic E-state index is 12.8. The van der Waals surface area contributed by atoms with Gasteiger partial charge in [-0.15, -0.1) is 0 Å². The molecule has 388 valence electrons. The molecule has 0 unspecified atom stereocenters. The molecule has 0 aliphatic heterocycles. The average Bonchev–Trinajstić information content (AvgIpc) is 3.31. The van der Waals surface area contributed by atoms with E-state index in [1.165, 1.54) is 218 Å². The molecule has 0 saturated carbocycles. The van der Waals surface area contributed by atoms with E-state index in [0.29, 0.717) is 19.3 Å². The SMILES string of the molecule is CCCCCC/C=C\CCCCCCCC(=O)OC[C@H](COC(=O)CCCCCCCCC/C=C\CCCCCCCCCC)OC(=O)CCCCCCCCCCCCCCCCCC. The number of hydrogen-bond acceptors (Lipinski definition) is 6. The zero-order valence-corrected chi connectivity index (χ0v) is 44.5. The van der Waals surface area contributed by atoms with Gasteiger partial charge in [0.25, 0.3) is 0 Å².